The van der Waals surface area contributed by atoms with Gasteiger partial charge in [-0.3, -0.25) is 9.98 Å². The molecule has 0 bridgehead atoms. The number of hydrogen-bond acceptors (Lipinski definition) is 5. The van der Waals surface area contributed by atoms with E-state index < -0.39 is 0 Å². The Morgan fingerprint density at radius 2 is 1.90 bits per heavy atom. The van der Waals surface area contributed by atoms with Crippen molar-refractivity contribution < 1.29 is 9.47 Å². The van der Waals surface area contributed by atoms with Crippen LogP contribution in [0.2, 0.25) is 0 Å². The lowest BCUT2D eigenvalue weighted by atomic mass is 10.1. The number of fused-ring (bicyclic) bond motifs is 1. The molecule has 1 aliphatic rings. The maximum Gasteiger partial charge on any atom is 0.191 e. The fourth-order valence-corrected chi connectivity index (χ4v) is 3.97. The number of aliphatic imine (C=N–C) groups is 1. The third-order valence-electron chi connectivity index (χ3n) is 5.63. The minimum Gasteiger partial charge on any atom is -0.497 e. The molecule has 0 radical (unpaired) electrons. The van der Waals surface area contributed by atoms with Crippen molar-refractivity contribution >= 4 is 22.4 Å². The van der Waals surface area contributed by atoms with Crippen molar-refractivity contribution in [3.8, 4) is 11.5 Å². The molecule has 1 saturated heterocycles. The van der Waals surface area contributed by atoms with Gasteiger partial charge in [-0.25, -0.2) is 0 Å². The first-order valence-corrected chi connectivity index (χ1v) is 10.5. The molecule has 7 heteroatoms. The van der Waals surface area contributed by atoms with Crippen LogP contribution in [0.25, 0.3) is 10.8 Å². The SMILES string of the molecule is CN=C(NCc1nccc2ccccc12)NC1CCN(c2cc(OC)cc(OC)c2)C1. The highest BCUT2D eigenvalue weighted by Crippen LogP contribution is 2.30. The molecule has 1 fully saturated rings. The van der Waals surface area contributed by atoms with Crippen molar-refractivity contribution in [2.75, 3.05) is 39.3 Å². The quantitative estimate of drug-likeness (QED) is 0.472. The third-order valence-corrected chi connectivity index (χ3v) is 5.63. The first-order chi connectivity index (χ1) is 15.2. The lowest BCUT2D eigenvalue weighted by Crippen LogP contribution is -2.44. The van der Waals surface area contributed by atoms with Gasteiger partial charge in [0.15, 0.2) is 5.96 Å². The second-order valence-corrected chi connectivity index (χ2v) is 7.55. The molecule has 1 unspecified atom stereocenters. The number of ether oxygens (including phenoxy) is 2. The number of benzene rings is 2. The van der Waals surface area contributed by atoms with E-state index in [0.29, 0.717) is 12.6 Å². The van der Waals surface area contributed by atoms with Crippen LogP contribution in [-0.2, 0) is 6.54 Å². The van der Waals surface area contributed by atoms with E-state index in [4.69, 9.17) is 9.47 Å². The van der Waals surface area contributed by atoms with Gasteiger partial charge in [0, 0.05) is 61.6 Å². The number of methoxy groups -OCH3 is 2. The zero-order chi connectivity index (χ0) is 21.6. The van der Waals surface area contributed by atoms with Gasteiger partial charge in [-0.05, 0) is 17.9 Å². The average molecular weight is 420 g/mol. The van der Waals surface area contributed by atoms with E-state index in [2.05, 4.69) is 37.6 Å². The largest absolute Gasteiger partial charge is 0.497 e. The second kappa shape index (κ2) is 9.55. The summed E-state index contributed by atoms with van der Waals surface area (Å²) in [6, 6.07) is 16.6. The van der Waals surface area contributed by atoms with Gasteiger partial charge in [-0.15, -0.1) is 0 Å². The number of pyridine rings is 1. The van der Waals surface area contributed by atoms with Gasteiger partial charge in [0.05, 0.1) is 26.5 Å². The van der Waals surface area contributed by atoms with Gasteiger partial charge in [-0.1, -0.05) is 24.3 Å². The summed E-state index contributed by atoms with van der Waals surface area (Å²) >= 11 is 0. The molecule has 0 spiro atoms. The number of anilines is 1. The van der Waals surface area contributed by atoms with Crippen LogP contribution in [0.1, 0.15) is 12.1 Å². The lowest BCUT2D eigenvalue weighted by Gasteiger charge is -2.21. The number of rotatable bonds is 6. The highest BCUT2D eigenvalue weighted by atomic mass is 16.5. The van der Waals surface area contributed by atoms with Crippen LogP contribution in [0, 0.1) is 0 Å². The summed E-state index contributed by atoms with van der Waals surface area (Å²) in [5.41, 5.74) is 2.11. The van der Waals surface area contributed by atoms with Crippen molar-refractivity contribution in [2.24, 2.45) is 4.99 Å². The lowest BCUT2D eigenvalue weighted by molar-refractivity contribution is 0.394. The Labute approximate surface area is 183 Å². The Morgan fingerprint density at radius 1 is 1.13 bits per heavy atom. The van der Waals surface area contributed by atoms with Crippen LogP contribution in [-0.4, -0.2) is 51.3 Å². The van der Waals surface area contributed by atoms with Gasteiger partial charge in [0.1, 0.15) is 11.5 Å². The smallest absolute Gasteiger partial charge is 0.191 e. The number of hydrogen-bond donors (Lipinski definition) is 2. The van der Waals surface area contributed by atoms with E-state index in [9.17, 15) is 0 Å². The molecule has 7 nitrogen and oxygen atoms in total. The maximum atomic E-state index is 5.41. The van der Waals surface area contributed by atoms with E-state index in [1.165, 1.54) is 5.39 Å². The average Bonchev–Trinajstić information content (AvgIpc) is 3.30. The van der Waals surface area contributed by atoms with E-state index in [0.717, 1.165) is 53.7 Å². The highest BCUT2D eigenvalue weighted by molar-refractivity contribution is 5.85. The van der Waals surface area contributed by atoms with Gasteiger partial charge < -0.3 is 25.0 Å². The Hall–Kier alpha value is -3.48. The molecule has 31 heavy (non-hydrogen) atoms. The van der Waals surface area contributed by atoms with E-state index in [-0.39, 0.29) is 0 Å². The molecule has 2 aromatic carbocycles. The summed E-state index contributed by atoms with van der Waals surface area (Å²) in [7, 11) is 5.15. The van der Waals surface area contributed by atoms with Gasteiger partial charge >= 0.3 is 0 Å². The second-order valence-electron chi connectivity index (χ2n) is 7.55. The van der Waals surface area contributed by atoms with Crippen LogP contribution in [0.3, 0.4) is 0 Å². The summed E-state index contributed by atoms with van der Waals surface area (Å²) in [5.74, 6) is 2.38. The molecular formula is C24H29N5O2. The molecule has 3 aromatic rings. The number of aromatic nitrogens is 1. The van der Waals surface area contributed by atoms with E-state index in [1.807, 2.05) is 42.6 Å². The summed E-state index contributed by atoms with van der Waals surface area (Å²) in [5, 5.41) is 9.31. The number of nitrogens with zero attached hydrogens (tertiary/aromatic N) is 3. The molecule has 1 aliphatic heterocycles. The standard InChI is InChI=1S/C24H29N5O2/c1-25-24(27-15-23-22-7-5-4-6-17(22)8-10-26-23)28-18-9-11-29(16-18)19-12-20(30-2)14-21(13-19)31-3/h4-8,10,12-14,18H,9,11,15-16H2,1-3H3,(H2,25,27,28). The predicted molar refractivity (Wildman–Crippen MR) is 125 cm³/mol. The monoisotopic (exact) mass is 419 g/mol. The van der Waals surface area contributed by atoms with E-state index in [1.54, 1.807) is 21.3 Å². The summed E-state index contributed by atoms with van der Waals surface area (Å²) in [6.45, 7) is 2.45. The fraction of sp³-hybridized carbons (Fsp3) is 0.333. The Bertz CT molecular complexity index is 1040. The highest BCUT2D eigenvalue weighted by Gasteiger charge is 2.24. The number of nitrogens with one attached hydrogen (secondary N) is 2. The van der Waals surface area contributed by atoms with Crippen molar-refractivity contribution in [2.45, 2.75) is 19.0 Å². The van der Waals surface area contributed by atoms with Crippen LogP contribution < -0.4 is 25.0 Å². The normalized spacial score (nSPS) is 16.4. The third kappa shape index (κ3) is 4.82. The molecular weight excluding hydrogens is 390 g/mol. The van der Waals surface area contributed by atoms with Crippen LogP contribution >= 0.6 is 0 Å². The summed E-state index contributed by atoms with van der Waals surface area (Å²) < 4.78 is 10.8. The molecule has 162 valence electrons. The summed E-state index contributed by atoms with van der Waals surface area (Å²) in [4.78, 5) is 11.3. The van der Waals surface area contributed by atoms with Gasteiger partial charge in [0.2, 0.25) is 0 Å². The number of guanidine groups is 1. The van der Waals surface area contributed by atoms with Crippen LogP contribution in [0.15, 0.2) is 59.7 Å². The predicted octanol–water partition coefficient (Wildman–Crippen LogP) is 3.20. The fourth-order valence-electron chi connectivity index (χ4n) is 3.97. The van der Waals surface area contributed by atoms with Gasteiger partial charge in [0.25, 0.3) is 0 Å². The van der Waals surface area contributed by atoms with Crippen molar-refractivity contribution in [1.82, 2.24) is 15.6 Å². The van der Waals surface area contributed by atoms with Crippen LogP contribution in [0.5, 0.6) is 11.5 Å². The Morgan fingerprint density at radius 3 is 2.65 bits per heavy atom. The Balaban J connectivity index is 1.38. The molecule has 0 amide bonds. The molecule has 0 saturated carbocycles. The van der Waals surface area contributed by atoms with Crippen molar-refractivity contribution in [3.05, 3.63) is 60.4 Å². The van der Waals surface area contributed by atoms with Crippen molar-refractivity contribution in [1.29, 1.82) is 0 Å². The molecule has 0 aliphatic carbocycles. The Kier molecular flexibility index (Phi) is 6.40. The van der Waals surface area contributed by atoms with Crippen LogP contribution in [0.4, 0.5) is 5.69 Å². The van der Waals surface area contributed by atoms with E-state index >= 15 is 0 Å². The minimum atomic E-state index is 0.295. The molecule has 2 heterocycles. The minimum absolute atomic E-state index is 0.295. The topological polar surface area (TPSA) is 71.0 Å². The summed E-state index contributed by atoms with van der Waals surface area (Å²) in [6.07, 6.45) is 2.87. The first-order valence-electron chi connectivity index (χ1n) is 10.5. The zero-order valence-corrected chi connectivity index (χ0v) is 18.3. The molecule has 2 N–H and O–H groups in total. The zero-order valence-electron chi connectivity index (χ0n) is 18.3. The molecule has 1 atom stereocenters. The van der Waals surface area contributed by atoms with Gasteiger partial charge in [-0.2, -0.15) is 0 Å². The molecule has 4 rings (SSSR count). The first kappa shape index (κ1) is 20.8. The maximum absolute atomic E-state index is 5.41. The van der Waals surface area contributed by atoms with Crippen molar-refractivity contribution in [3.63, 3.8) is 0 Å². The molecule has 1 aromatic heterocycles.